The number of hydrogen-bond acceptors (Lipinski definition) is 6. The predicted octanol–water partition coefficient (Wildman–Crippen LogP) is 4.43. The molecule has 6 nitrogen and oxygen atoms in total. The van der Waals surface area contributed by atoms with Crippen LogP contribution in [-0.4, -0.2) is 33.9 Å². The van der Waals surface area contributed by atoms with Crippen molar-refractivity contribution in [1.82, 2.24) is 0 Å². The van der Waals surface area contributed by atoms with E-state index in [2.05, 4.69) is 12.1 Å². The Morgan fingerprint density at radius 3 is 2.03 bits per heavy atom. The summed E-state index contributed by atoms with van der Waals surface area (Å²) in [4.78, 5) is 12.3. The Morgan fingerprint density at radius 1 is 0.742 bits per heavy atom. The lowest BCUT2D eigenvalue weighted by Gasteiger charge is -2.14. The van der Waals surface area contributed by atoms with Crippen LogP contribution in [0.5, 0.6) is 23.0 Å². The smallest absolute Gasteiger partial charge is 0.344 e. The molecule has 0 aromatic heterocycles. The van der Waals surface area contributed by atoms with E-state index in [4.69, 9.17) is 23.7 Å². The third kappa shape index (κ3) is 5.92. The van der Waals surface area contributed by atoms with Crippen molar-refractivity contribution in [3.63, 3.8) is 0 Å². The van der Waals surface area contributed by atoms with Gasteiger partial charge in [0.25, 0.3) is 0 Å². The van der Waals surface area contributed by atoms with Gasteiger partial charge in [0, 0.05) is 6.42 Å². The molecule has 0 amide bonds. The maximum Gasteiger partial charge on any atom is 0.344 e. The first-order valence-corrected chi connectivity index (χ1v) is 9.83. The maximum atomic E-state index is 12.3. The van der Waals surface area contributed by atoms with Crippen LogP contribution in [0.1, 0.15) is 16.7 Å². The largest absolute Gasteiger partial charge is 0.493 e. The van der Waals surface area contributed by atoms with E-state index in [-0.39, 0.29) is 13.2 Å². The molecular weight excluding hydrogens is 396 g/mol. The Labute approximate surface area is 182 Å². The van der Waals surface area contributed by atoms with Gasteiger partial charge in [-0.3, -0.25) is 0 Å². The number of benzene rings is 3. The molecule has 0 spiro atoms. The summed E-state index contributed by atoms with van der Waals surface area (Å²) in [5.74, 6) is 1.68. The van der Waals surface area contributed by atoms with E-state index in [1.54, 1.807) is 12.1 Å². The Kier molecular flexibility index (Phi) is 7.76. The molecule has 0 N–H and O–H groups in total. The first-order valence-electron chi connectivity index (χ1n) is 9.83. The second-order valence-electron chi connectivity index (χ2n) is 6.75. The third-order valence-electron chi connectivity index (χ3n) is 4.68. The average Bonchev–Trinajstić information content (AvgIpc) is 2.82. The lowest BCUT2D eigenvalue weighted by molar-refractivity contribution is -0.147. The molecule has 0 radical (unpaired) electrons. The second-order valence-corrected chi connectivity index (χ2v) is 6.75. The number of hydrogen-bond donors (Lipinski definition) is 0. The van der Waals surface area contributed by atoms with Crippen molar-refractivity contribution in [3.8, 4) is 23.0 Å². The summed E-state index contributed by atoms with van der Waals surface area (Å²) in [6, 6.07) is 21.3. The molecule has 0 aliphatic carbocycles. The summed E-state index contributed by atoms with van der Waals surface area (Å²) in [6.45, 7) is -0.124. The molecule has 0 aliphatic heterocycles. The maximum absolute atomic E-state index is 12.3. The zero-order valence-corrected chi connectivity index (χ0v) is 17.9. The molecule has 0 heterocycles. The number of rotatable bonds is 10. The van der Waals surface area contributed by atoms with Gasteiger partial charge >= 0.3 is 5.97 Å². The number of carbonyl (C=O) groups is 1. The van der Waals surface area contributed by atoms with Crippen LogP contribution in [0.3, 0.4) is 0 Å². The molecule has 3 aromatic rings. The van der Waals surface area contributed by atoms with Crippen LogP contribution in [-0.2, 0) is 22.6 Å². The van der Waals surface area contributed by atoms with Gasteiger partial charge in [0.05, 0.1) is 21.3 Å². The van der Waals surface area contributed by atoms with Crippen molar-refractivity contribution in [1.29, 1.82) is 0 Å². The highest BCUT2D eigenvalue weighted by Gasteiger charge is 2.15. The van der Waals surface area contributed by atoms with Crippen LogP contribution >= 0.6 is 0 Å². The Bertz CT molecular complexity index is 975. The van der Waals surface area contributed by atoms with Crippen molar-refractivity contribution in [2.75, 3.05) is 27.9 Å². The summed E-state index contributed by atoms with van der Waals surface area (Å²) in [5, 5.41) is 0. The number of esters is 1. The van der Waals surface area contributed by atoms with Gasteiger partial charge in [-0.05, 0) is 34.9 Å². The summed E-state index contributed by atoms with van der Waals surface area (Å²) in [5.41, 5.74) is 2.89. The van der Waals surface area contributed by atoms with Crippen LogP contribution in [0.4, 0.5) is 0 Å². The van der Waals surface area contributed by atoms with Crippen molar-refractivity contribution >= 4 is 5.97 Å². The van der Waals surface area contributed by atoms with Gasteiger partial charge in [-0.1, -0.05) is 48.5 Å². The van der Waals surface area contributed by atoms with E-state index in [0.717, 1.165) is 12.0 Å². The van der Waals surface area contributed by atoms with Gasteiger partial charge in [0.15, 0.2) is 18.1 Å². The van der Waals surface area contributed by atoms with Gasteiger partial charge in [-0.25, -0.2) is 4.79 Å². The molecule has 162 valence electrons. The average molecular weight is 422 g/mol. The first-order chi connectivity index (χ1) is 15.1. The number of carbonyl (C=O) groups excluding carboxylic acids is 1. The number of ether oxygens (including phenoxy) is 5. The van der Waals surface area contributed by atoms with Crippen LogP contribution < -0.4 is 18.9 Å². The fourth-order valence-corrected chi connectivity index (χ4v) is 3.17. The molecule has 0 saturated heterocycles. The topological polar surface area (TPSA) is 63.2 Å². The van der Waals surface area contributed by atoms with Gasteiger partial charge < -0.3 is 23.7 Å². The van der Waals surface area contributed by atoms with Crippen LogP contribution in [0.15, 0.2) is 66.7 Å². The molecule has 3 rings (SSSR count). The van der Waals surface area contributed by atoms with Crippen LogP contribution in [0.25, 0.3) is 0 Å². The highest BCUT2D eigenvalue weighted by molar-refractivity contribution is 5.71. The molecule has 31 heavy (non-hydrogen) atoms. The van der Waals surface area contributed by atoms with Crippen LogP contribution in [0.2, 0.25) is 0 Å². The lowest BCUT2D eigenvalue weighted by Crippen LogP contribution is -2.15. The summed E-state index contributed by atoms with van der Waals surface area (Å²) in [7, 11) is 4.61. The normalized spacial score (nSPS) is 10.3. The minimum Gasteiger partial charge on any atom is -0.493 e. The monoisotopic (exact) mass is 422 g/mol. The molecule has 0 saturated carbocycles. The van der Waals surface area contributed by atoms with Crippen molar-refractivity contribution in [2.45, 2.75) is 13.0 Å². The Balaban J connectivity index is 1.59. The Hall–Kier alpha value is -3.67. The quantitative estimate of drug-likeness (QED) is 0.451. The zero-order valence-electron chi connectivity index (χ0n) is 17.9. The van der Waals surface area contributed by atoms with E-state index in [1.165, 1.54) is 26.9 Å². The minimum absolute atomic E-state index is 0.0601. The Morgan fingerprint density at radius 2 is 1.39 bits per heavy atom. The standard InChI is InChI=1S/C25H26O6/c1-27-22-14-19(15-23(28-2)25(22)29-3)16-31-24(26)17-30-21-12-8-7-11-20(21)13-18-9-5-4-6-10-18/h4-12,14-15H,13,16-17H2,1-3H3. The first kappa shape index (κ1) is 22.0. The third-order valence-corrected chi connectivity index (χ3v) is 4.68. The molecule has 0 unspecified atom stereocenters. The van der Waals surface area contributed by atoms with Gasteiger partial charge in [-0.15, -0.1) is 0 Å². The van der Waals surface area contributed by atoms with Crippen molar-refractivity contribution in [3.05, 3.63) is 83.4 Å². The lowest BCUT2D eigenvalue weighted by atomic mass is 10.0. The van der Waals surface area contributed by atoms with Crippen molar-refractivity contribution < 1.29 is 28.5 Å². The molecule has 6 heteroatoms. The molecule has 0 bridgehead atoms. The summed E-state index contributed by atoms with van der Waals surface area (Å²) >= 11 is 0. The molecule has 0 aliphatic rings. The summed E-state index contributed by atoms with van der Waals surface area (Å²) in [6.07, 6.45) is 0.720. The van der Waals surface area contributed by atoms with Crippen LogP contribution in [0, 0.1) is 0 Å². The van der Waals surface area contributed by atoms with Crippen molar-refractivity contribution in [2.24, 2.45) is 0 Å². The van der Waals surface area contributed by atoms with E-state index in [9.17, 15) is 4.79 Å². The highest BCUT2D eigenvalue weighted by atomic mass is 16.6. The molecular formula is C25H26O6. The van der Waals surface area contributed by atoms with Gasteiger partial charge in [0.2, 0.25) is 5.75 Å². The summed E-state index contributed by atoms with van der Waals surface area (Å²) < 4.78 is 27.1. The van der Waals surface area contributed by atoms with Gasteiger partial charge in [-0.2, -0.15) is 0 Å². The zero-order chi connectivity index (χ0) is 22.1. The SMILES string of the molecule is COc1cc(COC(=O)COc2ccccc2Cc2ccccc2)cc(OC)c1OC. The van der Waals surface area contributed by atoms with E-state index in [0.29, 0.717) is 28.6 Å². The van der Waals surface area contributed by atoms with E-state index in [1.807, 2.05) is 42.5 Å². The fourth-order valence-electron chi connectivity index (χ4n) is 3.17. The van der Waals surface area contributed by atoms with E-state index >= 15 is 0 Å². The predicted molar refractivity (Wildman–Crippen MR) is 117 cm³/mol. The number of para-hydroxylation sites is 1. The number of methoxy groups -OCH3 is 3. The van der Waals surface area contributed by atoms with Gasteiger partial charge in [0.1, 0.15) is 12.4 Å². The minimum atomic E-state index is -0.469. The molecule has 3 aromatic carbocycles. The second kappa shape index (κ2) is 10.9. The highest BCUT2D eigenvalue weighted by Crippen LogP contribution is 2.38. The fraction of sp³-hybridized carbons (Fsp3) is 0.240. The molecule has 0 fully saturated rings. The molecule has 0 atom stereocenters. The van der Waals surface area contributed by atoms with E-state index < -0.39 is 5.97 Å².